The third kappa shape index (κ3) is 4.33. The highest BCUT2D eigenvalue weighted by Gasteiger charge is 2.46. The molecule has 2 aromatic heterocycles. The molecule has 0 aromatic carbocycles. The zero-order valence-corrected chi connectivity index (χ0v) is 14.5. The summed E-state index contributed by atoms with van der Waals surface area (Å²) in [6.07, 6.45) is -0.0531. The molecule has 0 saturated heterocycles. The molecule has 0 aliphatic heterocycles. The van der Waals surface area contributed by atoms with E-state index in [-0.39, 0.29) is 28.8 Å². The van der Waals surface area contributed by atoms with Gasteiger partial charge in [-0.1, -0.05) is 0 Å². The van der Waals surface area contributed by atoms with Crippen molar-refractivity contribution in [2.75, 3.05) is 6.61 Å². The van der Waals surface area contributed by atoms with E-state index in [0.717, 1.165) is 28.5 Å². The van der Waals surface area contributed by atoms with Crippen LogP contribution in [0.25, 0.3) is 0 Å². The molecule has 5 nitrogen and oxygen atoms in total. The lowest BCUT2D eigenvalue weighted by atomic mass is 10.2. The fourth-order valence-corrected chi connectivity index (χ4v) is 3.55. The highest BCUT2D eigenvalue weighted by Crippen LogP contribution is 2.47. The van der Waals surface area contributed by atoms with E-state index in [1.807, 2.05) is 17.8 Å². The first kappa shape index (κ1) is 17.8. The highest BCUT2D eigenvalue weighted by molar-refractivity contribution is 7.13. The smallest absolute Gasteiger partial charge is 0.422 e. The van der Waals surface area contributed by atoms with Crippen molar-refractivity contribution in [3.05, 3.63) is 35.2 Å². The van der Waals surface area contributed by atoms with E-state index < -0.39 is 12.8 Å². The third-order valence-electron chi connectivity index (χ3n) is 4.08. The molecule has 2 aromatic rings. The monoisotopic (exact) mass is 373 g/mol. The minimum Gasteiger partial charge on any atom is -0.475 e. The molecule has 0 bridgehead atoms. The van der Waals surface area contributed by atoms with Crippen LogP contribution in [-0.4, -0.2) is 28.2 Å². The van der Waals surface area contributed by atoms with Crippen LogP contribution in [0.15, 0.2) is 24.5 Å². The normalized spacial score (nSPS) is 21.0. The number of carbonyl (C=O) groups excluding carboxylic acids is 1. The van der Waals surface area contributed by atoms with E-state index in [2.05, 4.69) is 10.3 Å². The summed E-state index contributed by atoms with van der Waals surface area (Å²) in [5.41, 5.74) is 0. The van der Waals surface area contributed by atoms with Crippen LogP contribution in [0.1, 0.15) is 36.0 Å². The standard InChI is InChI=1S/C16H18F3N3O2S/c1-9(12-3-4-13(25-12)24-8-16(17,18)19)21-15(23)11-7-10(11)14-20-5-6-22(14)2/h3-6,9-11H,7-8H2,1-2H3,(H,21,23)/t9?,10-,11-/m0/s1. The SMILES string of the molecule is CC(NC(=O)[C@H]1C[C@@H]1c1nccn1C)c1ccc(OCC(F)(F)F)s1. The Morgan fingerprint density at radius 1 is 1.52 bits per heavy atom. The van der Waals surface area contributed by atoms with Crippen LogP contribution in [0.2, 0.25) is 0 Å². The fourth-order valence-electron chi connectivity index (χ4n) is 2.69. The number of thiophene rings is 1. The van der Waals surface area contributed by atoms with Gasteiger partial charge in [0.25, 0.3) is 0 Å². The van der Waals surface area contributed by atoms with Crippen molar-refractivity contribution in [2.45, 2.75) is 31.5 Å². The topological polar surface area (TPSA) is 56.2 Å². The maximum absolute atomic E-state index is 12.3. The minimum atomic E-state index is -4.37. The molecule has 3 atom stereocenters. The molecule has 0 spiro atoms. The number of alkyl halides is 3. The zero-order valence-electron chi connectivity index (χ0n) is 13.7. The average molecular weight is 373 g/mol. The number of ether oxygens (including phenoxy) is 1. The van der Waals surface area contributed by atoms with Crippen molar-refractivity contribution in [3.8, 4) is 5.06 Å². The predicted molar refractivity (Wildman–Crippen MR) is 86.5 cm³/mol. The lowest BCUT2D eigenvalue weighted by Gasteiger charge is -2.12. The largest absolute Gasteiger partial charge is 0.475 e. The molecule has 1 aliphatic rings. The first-order valence-corrected chi connectivity index (χ1v) is 8.63. The second kappa shape index (κ2) is 6.70. The maximum Gasteiger partial charge on any atom is 0.422 e. The van der Waals surface area contributed by atoms with Gasteiger partial charge in [0.15, 0.2) is 11.7 Å². The number of imidazole rings is 1. The molecule has 1 unspecified atom stereocenters. The molecule has 1 N–H and O–H groups in total. The van der Waals surface area contributed by atoms with Crippen LogP contribution in [0.5, 0.6) is 5.06 Å². The summed E-state index contributed by atoms with van der Waals surface area (Å²) >= 11 is 1.10. The van der Waals surface area contributed by atoms with Crippen LogP contribution < -0.4 is 10.1 Å². The summed E-state index contributed by atoms with van der Waals surface area (Å²) in [5, 5.41) is 3.10. The Balaban J connectivity index is 1.53. The van der Waals surface area contributed by atoms with Gasteiger partial charge in [0.05, 0.1) is 6.04 Å². The average Bonchev–Trinajstić information content (AvgIpc) is 2.97. The van der Waals surface area contributed by atoms with Gasteiger partial charge in [-0.25, -0.2) is 4.98 Å². The Kier molecular flexibility index (Phi) is 4.77. The van der Waals surface area contributed by atoms with E-state index in [1.54, 1.807) is 19.2 Å². The van der Waals surface area contributed by atoms with Gasteiger partial charge in [0, 0.05) is 36.2 Å². The van der Waals surface area contributed by atoms with E-state index in [1.165, 1.54) is 6.07 Å². The van der Waals surface area contributed by atoms with Gasteiger partial charge in [0.2, 0.25) is 5.91 Å². The van der Waals surface area contributed by atoms with Crippen molar-refractivity contribution in [1.82, 2.24) is 14.9 Å². The summed E-state index contributed by atoms with van der Waals surface area (Å²) < 4.78 is 43.1. The Hall–Kier alpha value is -2.03. The van der Waals surface area contributed by atoms with Crippen molar-refractivity contribution in [2.24, 2.45) is 13.0 Å². The highest BCUT2D eigenvalue weighted by atomic mass is 32.1. The van der Waals surface area contributed by atoms with E-state index in [4.69, 9.17) is 4.74 Å². The van der Waals surface area contributed by atoms with Gasteiger partial charge in [-0.2, -0.15) is 13.2 Å². The number of halogens is 3. The van der Waals surface area contributed by atoms with E-state index in [0.29, 0.717) is 0 Å². The minimum absolute atomic E-state index is 0.0633. The molecule has 9 heteroatoms. The Morgan fingerprint density at radius 3 is 2.92 bits per heavy atom. The first-order chi connectivity index (χ1) is 11.7. The van der Waals surface area contributed by atoms with Crippen molar-refractivity contribution in [1.29, 1.82) is 0 Å². The van der Waals surface area contributed by atoms with Crippen LogP contribution >= 0.6 is 11.3 Å². The number of aromatic nitrogens is 2. The molecule has 25 heavy (non-hydrogen) atoms. The van der Waals surface area contributed by atoms with Gasteiger partial charge >= 0.3 is 6.18 Å². The number of nitrogens with one attached hydrogen (secondary N) is 1. The fraction of sp³-hybridized carbons (Fsp3) is 0.500. The number of hydrogen-bond donors (Lipinski definition) is 1. The summed E-state index contributed by atoms with van der Waals surface area (Å²) in [5.74, 6) is 0.851. The van der Waals surface area contributed by atoms with Crippen LogP contribution in [-0.2, 0) is 11.8 Å². The number of nitrogens with zero attached hydrogens (tertiary/aromatic N) is 2. The number of hydrogen-bond acceptors (Lipinski definition) is 4. The molecular weight excluding hydrogens is 355 g/mol. The quantitative estimate of drug-likeness (QED) is 0.844. The van der Waals surface area contributed by atoms with Gasteiger partial charge in [-0.15, -0.1) is 11.3 Å². The summed E-state index contributed by atoms with van der Waals surface area (Å²) in [6, 6.07) is 2.87. The second-order valence-corrected chi connectivity index (χ2v) is 7.21. The molecule has 2 heterocycles. The number of carbonyl (C=O) groups is 1. The van der Waals surface area contributed by atoms with Crippen LogP contribution in [0.3, 0.4) is 0 Å². The molecule has 1 aliphatic carbocycles. The second-order valence-electron chi connectivity index (χ2n) is 6.14. The molecule has 1 amide bonds. The number of rotatable bonds is 6. The van der Waals surface area contributed by atoms with Crippen molar-refractivity contribution in [3.63, 3.8) is 0 Å². The first-order valence-electron chi connectivity index (χ1n) is 7.81. The maximum atomic E-state index is 12.3. The molecular formula is C16H18F3N3O2S. The summed E-state index contributed by atoms with van der Waals surface area (Å²) in [6.45, 7) is 0.483. The number of aryl methyl sites for hydroxylation is 1. The van der Waals surface area contributed by atoms with Gasteiger partial charge in [-0.05, 0) is 25.5 Å². The molecule has 0 radical (unpaired) electrons. The summed E-state index contributed by atoms with van der Waals surface area (Å²) in [4.78, 5) is 17.4. The van der Waals surface area contributed by atoms with E-state index >= 15 is 0 Å². The number of amides is 1. The van der Waals surface area contributed by atoms with Crippen molar-refractivity contribution < 1.29 is 22.7 Å². The molecule has 3 rings (SSSR count). The van der Waals surface area contributed by atoms with Gasteiger partial charge in [-0.3, -0.25) is 4.79 Å². The zero-order chi connectivity index (χ0) is 18.2. The Morgan fingerprint density at radius 2 is 2.28 bits per heavy atom. The van der Waals surface area contributed by atoms with E-state index in [9.17, 15) is 18.0 Å². The molecule has 1 fully saturated rings. The predicted octanol–water partition coefficient (Wildman–Crippen LogP) is 3.40. The molecule has 1 saturated carbocycles. The molecule has 136 valence electrons. The third-order valence-corrected chi connectivity index (χ3v) is 5.26. The van der Waals surface area contributed by atoms with Gasteiger partial charge < -0.3 is 14.6 Å². The van der Waals surface area contributed by atoms with Crippen LogP contribution in [0.4, 0.5) is 13.2 Å². The lowest BCUT2D eigenvalue weighted by molar-refractivity contribution is -0.152. The van der Waals surface area contributed by atoms with Crippen LogP contribution in [0, 0.1) is 5.92 Å². The Bertz CT molecular complexity index is 756. The lowest BCUT2D eigenvalue weighted by Crippen LogP contribution is -2.28. The Labute approximate surface area is 146 Å². The van der Waals surface area contributed by atoms with Crippen molar-refractivity contribution >= 4 is 17.2 Å². The summed E-state index contributed by atoms with van der Waals surface area (Å²) in [7, 11) is 1.90. The van der Waals surface area contributed by atoms with Gasteiger partial charge in [0.1, 0.15) is 5.82 Å².